The summed E-state index contributed by atoms with van der Waals surface area (Å²) in [5, 5.41) is 11.3. The molecular weight excluding hydrogens is 314 g/mol. The lowest BCUT2D eigenvalue weighted by molar-refractivity contribution is 0.246. The zero-order valence-electron chi connectivity index (χ0n) is 15.1. The molecule has 1 saturated heterocycles. The average Bonchev–Trinajstić information content (AvgIpc) is 3.02. The molecule has 2 amide bonds. The van der Waals surface area contributed by atoms with Crippen LogP contribution in [0.5, 0.6) is 0 Å². The number of hydrogen-bond donors (Lipinski definition) is 1. The summed E-state index contributed by atoms with van der Waals surface area (Å²) in [5.74, 6) is 0.640. The molecule has 1 aromatic carbocycles. The van der Waals surface area contributed by atoms with E-state index in [1.807, 2.05) is 29.9 Å². The van der Waals surface area contributed by atoms with E-state index in [2.05, 4.69) is 42.1 Å². The van der Waals surface area contributed by atoms with Gasteiger partial charge in [-0.15, -0.1) is 5.10 Å². The number of benzene rings is 1. The van der Waals surface area contributed by atoms with E-state index in [0.29, 0.717) is 12.5 Å². The van der Waals surface area contributed by atoms with Crippen molar-refractivity contribution in [3.8, 4) is 11.3 Å². The third kappa shape index (κ3) is 3.90. The summed E-state index contributed by atoms with van der Waals surface area (Å²) < 4.78 is 1.89. The second-order valence-electron chi connectivity index (χ2n) is 6.99. The van der Waals surface area contributed by atoms with Crippen molar-refractivity contribution in [2.45, 2.75) is 40.2 Å². The maximum Gasteiger partial charge on any atom is 0.326 e. The molecule has 1 N–H and O–H groups in total. The van der Waals surface area contributed by atoms with Crippen LogP contribution in [0.25, 0.3) is 11.3 Å². The number of nitrogens with one attached hydrogen (secondary N) is 1. The molecule has 0 radical (unpaired) electrons. The van der Waals surface area contributed by atoms with Gasteiger partial charge in [-0.05, 0) is 37.0 Å². The first-order valence-electron chi connectivity index (χ1n) is 8.71. The fraction of sp³-hybridized carbons (Fsp3) is 0.421. The highest BCUT2D eigenvalue weighted by molar-refractivity contribution is 5.95. The minimum absolute atomic E-state index is 0.119. The first-order valence-corrected chi connectivity index (χ1v) is 8.71. The molecular formula is C19H25N5O. The summed E-state index contributed by atoms with van der Waals surface area (Å²) in [5.41, 5.74) is 4.60. The van der Waals surface area contributed by atoms with Crippen molar-refractivity contribution in [1.82, 2.24) is 20.3 Å². The maximum atomic E-state index is 12.2. The van der Waals surface area contributed by atoms with E-state index in [1.54, 1.807) is 4.90 Å². The van der Waals surface area contributed by atoms with Crippen molar-refractivity contribution in [2.75, 3.05) is 11.4 Å². The Morgan fingerprint density at radius 3 is 2.84 bits per heavy atom. The van der Waals surface area contributed by atoms with Gasteiger partial charge in [-0.2, -0.15) is 0 Å². The number of carbonyl (C=O) groups excluding carboxylic acids is 1. The van der Waals surface area contributed by atoms with E-state index in [0.717, 1.165) is 47.6 Å². The molecule has 0 spiro atoms. The second kappa shape index (κ2) is 7.09. The Bertz CT molecular complexity index is 793. The SMILES string of the molecule is C=C1CCN(c2ccc(-c3cn(CCC(C)C)nn3)cc2C)C(=O)N1. The molecule has 25 heavy (non-hydrogen) atoms. The lowest BCUT2D eigenvalue weighted by Gasteiger charge is -2.30. The van der Waals surface area contributed by atoms with Gasteiger partial charge in [-0.1, -0.05) is 31.7 Å². The normalized spacial score (nSPS) is 15.0. The van der Waals surface area contributed by atoms with Gasteiger partial charge < -0.3 is 5.32 Å². The Labute approximate surface area is 148 Å². The van der Waals surface area contributed by atoms with Crippen molar-refractivity contribution in [1.29, 1.82) is 0 Å². The number of carbonyl (C=O) groups is 1. The number of amides is 2. The number of nitrogens with zero attached hydrogens (tertiary/aromatic N) is 4. The predicted octanol–water partition coefficient (Wildman–Crippen LogP) is 3.73. The topological polar surface area (TPSA) is 63.1 Å². The van der Waals surface area contributed by atoms with E-state index in [-0.39, 0.29) is 6.03 Å². The van der Waals surface area contributed by atoms with Crippen molar-refractivity contribution in [2.24, 2.45) is 5.92 Å². The molecule has 1 aromatic heterocycles. The third-order valence-electron chi connectivity index (χ3n) is 4.42. The number of anilines is 1. The van der Waals surface area contributed by atoms with E-state index in [9.17, 15) is 4.79 Å². The fourth-order valence-corrected chi connectivity index (χ4v) is 2.91. The molecule has 2 aromatic rings. The Balaban J connectivity index is 1.78. The summed E-state index contributed by atoms with van der Waals surface area (Å²) in [6.45, 7) is 11.8. The minimum Gasteiger partial charge on any atom is -0.312 e. The summed E-state index contributed by atoms with van der Waals surface area (Å²) in [6.07, 6.45) is 3.82. The Morgan fingerprint density at radius 2 is 2.16 bits per heavy atom. The molecule has 0 aliphatic carbocycles. The molecule has 0 unspecified atom stereocenters. The molecule has 1 aliphatic rings. The largest absolute Gasteiger partial charge is 0.326 e. The molecule has 1 fully saturated rings. The Morgan fingerprint density at radius 1 is 1.36 bits per heavy atom. The standard InChI is InChI=1S/C19H25N5O/c1-13(2)7-9-23-12-17(21-22-23)16-5-6-18(14(3)11-16)24-10-8-15(4)20-19(24)25/h5-6,11-13H,4,7-10H2,1-3H3,(H,20,25). The highest BCUT2D eigenvalue weighted by atomic mass is 16.2. The molecule has 6 nitrogen and oxygen atoms in total. The van der Waals surface area contributed by atoms with Gasteiger partial charge in [0, 0.05) is 36.5 Å². The molecule has 0 saturated carbocycles. The quantitative estimate of drug-likeness (QED) is 0.903. The van der Waals surface area contributed by atoms with Crippen molar-refractivity contribution < 1.29 is 4.79 Å². The number of urea groups is 1. The summed E-state index contributed by atoms with van der Waals surface area (Å²) >= 11 is 0. The van der Waals surface area contributed by atoms with Crippen molar-refractivity contribution in [3.63, 3.8) is 0 Å². The van der Waals surface area contributed by atoms with Gasteiger partial charge in [-0.3, -0.25) is 9.58 Å². The summed E-state index contributed by atoms with van der Waals surface area (Å²) in [7, 11) is 0. The highest BCUT2D eigenvalue weighted by Crippen LogP contribution is 2.27. The van der Waals surface area contributed by atoms with Crippen LogP contribution in [-0.2, 0) is 6.54 Å². The summed E-state index contributed by atoms with van der Waals surface area (Å²) in [4.78, 5) is 13.9. The van der Waals surface area contributed by atoms with Gasteiger partial charge >= 0.3 is 6.03 Å². The fourth-order valence-electron chi connectivity index (χ4n) is 2.91. The molecule has 6 heteroatoms. The second-order valence-corrected chi connectivity index (χ2v) is 6.99. The number of hydrogen-bond acceptors (Lipinski definition) is 3. The van der Waals surface area contributed by atoms with E-state index >= 15 is 0 Å². The molecule has 0 bridgehead atoms. The number of aryl methyl sites for hydroxylation is 2. The number of aromatic nitrogens is 3. The van der Waals surface area contributed by atoms with Crippen LogP contribution < -0.4 is 10.2 Å². The van der Waals surface area contributed by atoms with Crippen molar-refractivity contribution >= 4 is 11.7 Å². The lowest BCUT2D eigenvalue weighted by Crippen LogP contribution is -2.45. The first-order chi connectivity index (χ1) is 11.9. The lowest BCUT2D eigenvalue weighted by atomic mass is 10.1. The van der Waals surface area contributed by atoms with E-state index in [1.165, 1.54) is 0 Å². The Hall–Kier alpha value is -2.63. The molecule has 3 rings (SSSR count). The average molecular weight is 339 g/mol. The zero-order chi connectivity index (χ0) is 18.0. The smallest absolute Gasteiger partial charge is 0.312 e. The van der Waals surface area contributed by atoms with Crippen LogP contribution in [0.2, 0.25) is 0 Å². The van der Waals surface area contributed by atoms with Gasteiger partial charge in [-0.25, -0.2) is 4.79 Å². The van der Waals surface area contributed by atoms with Gasteiger partial charge in [0.15, 0.2) is 0 Å². The van der Waals surface area contributed by atoms with E-state index in [4.69, 9.17) is 0 Å². The van der Waals surface area contributed by atoms with E-state index < -0.39 is 0 Å². The Kier molecular flexibility index (Phi) is 4.88. The van der Waals surface area contributed by atoms with Crippen LogP contribution in [0.4, 0.5) is 10.5 Å². The maximum absolute atomic E-state index is 12.2. The molecule has 132 valence electrons. The van der Waals surface area contributed by atoms with Crippen LogP contribution >= 0.6 is 0 Å². The molecule has 0 atom stereocenters. The first kappa shape index (κ1) is 17.2. The third-order valence-corrected chi connectivity index (χ3v) is 4.42. The summed E-state index contributed by atoms with van der Waals surface area (Å²) in [6, 6.07) is 5.91. The zero-order valence-corrected chi connectivity index (χ0v) is 15.1. The van der Waals surface area contributed by atoms with Gasteiger partial charge in [0.05, 0.1) is 6.20 Å². The van der Waals surface area contributed by atoms with Crippen LogP contribution in [-0.4, -0.2) is 27.6 Å². The number of rotatable bonds is 5. The minimum atomic E-state index is -0.119. The van der Waals surface area contributed by atoms with Crippen molar-refractivity contribution in [3.05, 3.63) is 42.2 Å². The van der Waals surface area contributed by atoms with Gasteiger partial charge in [0.1, 0.15) is 5.69 Å². The van der Waals surface area contributed by atoms with Crippen LogP contribution in [0, 0.1) is 12.8 Å². The van der Waals surface area contributed by atoms with Crippen LogP contribution in [0.15, 0.2) is 36.7 Å². The van der Waals surface area contributed by atoms with Crippen LogP contribution in [0.1, 0.15) is 32.3 Å². The molecule has 2 heterocycles. The predicted molar refractivity (Wildman–Crippen MR) is 99.3 cm³/mol. The highest BCUT2D eigenvalue weighted by Gasteiger charge is 2.22. The van der Waals surface area contributed by atoms with Gasteiger partial charge in [0.25, 0.3) is 0 Å². The monoisotopic (exact) mass is 339 g/mol. The molecule has 1 aliphatic heterocycles. The van der Waals surface area contributed by atoms with Gasteiger partial charge in [0.2, 0.25) is 0 Å². The van der Waals surface area contributed by atoms with Crippen LogP contribution in [0.3, 0.4) is 0 Å².